The quantitative estimate of drug-likeness (QED) is 0.727. The zero-order chi connectivity index (χ0) is 17.6. The van der Waals surface area contributed by atoms with Gasteiger partial charge in [-0.25, -0.2) is 13.2 Å². The Kier molecular flexibility index (Phi) is 6.56. The van der Waals surface area contributed by atoms with E-state index in [4.69, 9.17) is 9.84 Å². The fourth-order valence-electron chi connectivity index (χ4n) is 2.01. The number of hydrogen-bond donors (Lipinski definition) is 2. The van der Waals surface area contributed by atoms with E-state index in [9.17, 15) is 18.0 Å². The van der Waals surface area contributed by atoms with E-state index in [1.807, 2.05) is 0 Å². The van der Waals surface area contributed by atoms with Gasteiger partial charge in [0, 0.05) is 17.9 Å². The molecule has 0 radical (unpaired) electrons. The van der Waals surface area contributed by atoms with Crippen LogP contribution in [0.5, 0.6) is 5.75 Å². The Hall–Kier alpha value is -2.09. The molecule has 2 N–H and O–H groups in total. The lowest BCUT2D eigenvalue weighted by Crippen LogP contribution is -2.29. The van der Waals surface area contributed by atoms with Crippen LogP contribution in [-0.4, -0.2) is 50.1 Å². The van der Waals surface area contributed by atoms with Gasteiger partial charge in [0.2, 0.25) is 0 Å². The normalized spacial score (nSPS) is 11.1. The molecular weight excluding hydrogens is 322 g/mol. The maximum Gasteiger partial charge on any atom is 0.341 e. The number of carbonyl (C=O) groups is 2. The van der Waals surface area contributed by atoms with Gasteiger partial charge in [-0.05, 0) is 37.1 Å². The molecular formula is C15H21NO6S. The van der Waals surface area contributed by atoms with Crippen LogP contribution >= 0.6 is 0 Å². The lowest BCUT2D eigenvalue weighted by Gasteiger charge is -2.13. The van der Waals surface area contributed by atoms with Crippen molar-refractivity contribution >= 4 is 21.7 Å². The number of carboxylic acid groups (broad SMARTS) is 1. The fourth-order valence-corrected chi connectivity index (χ4v) is 2.71. The minimum atomic E-state index is -3.13. The van der Waals surface area contributed by atoms with E-state index in [-0.39, 0.29) is 24.0 Å². The van der Waals surface area contributed by atoms with Crippen LogP contribution < -0.4 is 10.1 Å². The topological polar surface area (TPSA) is 110 Å². The Morgan fingerprint density at radius 2 is 1.78 bits per heavy atom. The summed E-state index contributed by atoms with van der Waals surface area (Å²) in [5.74, 6) is -1.10. The average molecular weight is 343 g/mol. The second-order valence-electron chi connectivity index (χ2n) is 5.11. The van der Waals surface area contributed by atoms with Crippen molar-refractivity contribution in [1.82, 2.24) is 5.32 Å². The summed E-state index contributed by atoms with van der Waals surface area (Å²) in [6, 6.07) is 3.15. The molecule has 1 aromatic rings. The first-order chi connectivity index (χ1) is 10.7. The third-order valence-electron chi connectivity index (χ3n) is 3.20. The number of carbonyl (C=O) groups excluding carboxylic acids is 1. The van der Waals surface area contributed by atoms with Gasteiger partial charge in [-0.1, -0.05) is 6.92 Å². The molecule has 1 rings (SSSR count). The van der Waals surface area contributed by atoms with E-state index in [0.29, 0.717) is 22.4 Å². The zero-order valence-corrected chi connectivity index (χ0v) is 14.2. The first-order valence-corrected chi connectivity index (χ1v) is 8.93. The number of sulfone groups is 1. The SMILES string of the molecule is CCS(=O)(=O)CCNC(=O)c1cc(C)c(OCC(=O)O)c(C)c1. The highest BCUT2D eigenvalue weighted by molar-refractivity contribution is 7.91. The number of aryl methyl sites for hydroxylation is 2. The highest BCUT2D eigenvalue weighted by Crippen LogP contribution is 2.24. The van der Waals surface area contributed by atoms with Crippen LogP contribution in [0.15, 0.2) is 12.1 Å². The van der Waals surface area contributed by atoms with Crippen molar-refractivity contribution in [2.45, 2.75) is 20.8 Å². The molecule has 0 unspecified atom stereocenters. The van der Waals surface area contributed by atoms with E-state index in [2.05, 4.69) is 5.32 Å². The fraction of sp³-hybridized carbons (Fsp3) is 0.467. The lowest BCUT2D eigenvalue weighted by atomic mass is 10.1. The minimum Gasteiger partial charge on any atom is -0.481 e. The largest absolute Gasteiger partial charge is 0.481 e. The Bertz CT molecular complexity index is 673. The van der Waals surface area contributed by atoms with Gasteiger partial charge in [0.15, 0.2) is 16.4 Å². The first-order valence-electron chi connectivity index (χ1n) is 7.10. The van der Waals surface area contributed by atoms with Crippen molar-refractivity contribution in [3.05, 3.63) is 28.8 Å². The highest BCUT2D eigenvalue weighted by atomic mass is 32.2. The number of aliphatic carboxylic acids is 1. The Morgan fingerprint density at radius 3 is 2.26 bits per heavy atom. The van der Waals surface area contributed by atoms with Crippen molar-refractivity contribution in [1.29, 1.82) is 0 Å². The molecule has 23 heavy (non-hydrogen) atoms. The molecule has 0 aliphatic heterocycles. The molecule has 128 valence electrons. The van der Waals surface area contributed by atoms with E-state index in [1.54, 1.807) is 32.9 Å². The second-order valence-corrected chi connectivity index (χ2v) is 7.59. The molecule has 0 spiro atoms. The predicted molar refractivity (Wildman–Crippen MR) is 85.7 cm³/mol. The van der Waals surface area contributed by atoms with Gasteiger partial charge in [-0.15, -0.1) is 0 Å². The van der Waals surface area contributed by atoms with Gasteiger partial charge >= 0.3 is 5.97 Å². The molecule has 7 nitrogen and oxygen atoms in total. The van der Waals surface area contributed by atoms with Crippen molar-refractivity contribution in [2.24, 2.45) is 0 Å². The molecule has 8 heteroatoms. The smallest absolute Gasteiger partial charge is 0.341 e. The summed E-state index contributed by atoms with van der Waals surface area (Å²) in [5, 5.41) is 11.2. The second kappa shape index (κ2) is 7.96. The van der Waals surface area contributed by atoms with E-state index in [1.165, 1.54) is 0 Å². The summed E-state index contributed by atoms with van der Waals surface area (Å²) in [4.78, 5) is 22.6. The zero-order valence-electron chi connectivity index (χ0n) is 13.4. The molecule has 0 aliphatic carbocycles. The molecule has 0 aliphatic rings. The highest BCUT2D eigenvalue weighted by Gasteiger charge is 2.14. The van der Waals surface area contributed by atoms with Crippen LogP contribution in [0.2, 0.25) is 0 Å². The maximum atomic E-state index is 12.1. The molecule has 1 aromatic carbocycles. The number of rotatable bonds is 8. The van der Waals surface area contributed by atoms with Crippen LogP contribution in [0.1, 0.15) is 28.4 Å². The van der Waals surface area contributed by atoms with E-state index >= 15 is 0 Å². The Balaban J connectivity index is 2.77. The average Bonchev–Trinajstić information content (AvgIpc) is 2.45. The summed E-state index contributed by atoms with van der Waals surface area (Å²) in [7, 11) is -3.13. The molecule has 0 bridgehead atoms. The summed E-state index contributed by atoms with van der Waals surface area (Å²) < 4.78 is 28.0. The molecule has 0 atom stereocenters. The lowest BCUT2D eigenvalue weighted by molar-refractivity contribution is -0.139. The van der Waals surface area contributed by atoms with Crippen molar-refractivity contribution in [2.75, 3.05) is 24.7 Å². The number of carboxylic acids is 1. The van der Waals surface area contributed by atoms with E-state index < -0.39 is 22.4 Å². The van der Waals surface area contributed by atoms with Gasteiger partial charge in [0.25, 0.3) is 5.91 Å². The standard InChI is InChI=1S/C15H21NO6S/c1-4-23(20,21)6-5-16-15(19)12-7-10(2)14(11(3)8-12)22-9-13(17)18/h7-8H,4-6,9H2,1-3H3,(H,16,19)(H,17,18). The number of ether oxygens (including phenoxy) is 1. The molecule has 0 heterocycles. The van der Waals surface area contributed by atoms with Crippen LogP contribution in [0, 0.1) is 13.8 Å². The van der Waals surface area contributed by atoms with Crippen molar-refractivity contribution in [3.63, 3.8) is 0 Å². The number of benzene rings is 1. The Labute approximate surface area is 135 Å². The third kappa shape index (κ3) is 5.90. The molecule has 1 amide bonds. The first kappa shape index (κ1) is 19.0. The summed E-state index contributed by atoms with van der Waals surface area (Å²) in [6.07, 6.45) is 0. The summed E-state index contributed by atoms with van der Waals surface area (Å²) in [5.41, 5.74) is 1.65. The van der Waals surface area contributed by atoms with Crippen LogP contribution in [-0.2, 0) is 14.6 Å². The van der Waals surface area contributed by atoms with Gasteiger partial charge in [0.05, 0.1) is 5.75 Å². The molecule has 0 saturated carbocycles. The van der Waals surface area contributed by atoms with Crippen LogP contribution in [0.3, 0.4) is 0 Å². The van der Waals surface area contributed by atoms with Gasteiger partial charge < -0.3 is 15.2 Å². The van der Waals surface area contributed by atoms with E-state index in [0.717, 1.165) is 0 Å². The van der Waals surface area contributed by atoms with Crippen molar-refractivity contribution < 1.29 is 27.9 Å². The number of nitrogens with one attached hydrogen (secondary N) is 1. The van der Waals surface area contributed by atoms with Gasteiger partial charge in [0.1, 0.15) is 5.75 Å². The van der Waals surface area contributed by atoms with Crippen molar-refractivity contribution in [3.8, 4) is 5.75 Å². The molecule has 0 saturated heterocycles. The van der Waals surface area contributed by atoms with Crippen LogP contribution in [0.25, 0.3) is 0 Å². The summed E-state index contributed by atoms with van der Waals surface area (Å²) >= 11 is 0. The van der Waals surface area contributed by atoms with Gasteiger partial charge in [-0.3, -0.25) is 4.79 Å². The monoisotopic (exact) mass is 343 g/mol. The maximum absolute atomic E-state index is 12.1. The number of hydrogen-bond acceptors (Lipinski definition) is 5. The van der Waals surface area contributed by atoms with Crippen LogP contribution in [0.4, 0.5) is 0 Å². The number of amides is 1. The molecule has 0 fully saturated rings. The summed E-state index contributed by atoms with van der Waals surface area (Å²) in [6.45, 7) is 4.57. The molecule has 0 aromatic heterocycles. The van der Waals surface area contributed by atoms with Gasteiger partial charge in [-0.2, -0.15) is 0 Å². The Morgan fingerprint density at radius 1 is 1.22 bits per heavy atom. The minimum absolute atomic E-state index is 0.0384. The predicted octanol–water partition coefficient (Wildman–Crippen LogP) is 0.931. The third-order valence-corrected chi connectivity index (χ3v) is 4.91.